The third kappa shape index (κ3) is 3.97. The predicted molar refractivity (Wildman–Crippen MR) is 105 cm³/mol. The van der Waals surface area contributed by atoms with Crippen molar-refractivity contribution in [2.24, 2.45) is 11.8 Å². The number of aromatic nitrogens is 4. The zero-order valence-electron chi connectivity index (χ0n) is 16.7. The van der Waals surface area contributed by atoms with Crippen LogP contribution in [0.1, 0.15) is 19.9 Å². The van der Waals surface area contributed by atoms with Crippen LogP contribution in [0.5, 0.6) is 0 Å². The van der Waals surface area contributed by atoms with Gasteiger partial charge in [-0.1, -0.05) is 6.92 Å². The number of alkyl halides is 1. The van der Waals surface area contributed by atoms with E-state index in [4.69, 9.17) is 20.0 Å². The van der Waals surface area contributed by atoms with Gasteiger partial charge in [0.15, 0.2) is 17.1 Å². The van der Waals surface area contributed by atoms with Crippen molar-refractivity contribution in [3.8, 4) is 0 Å². The lowest BCUT2D eigenvalue weighted by Gasteiger charge is -2.34. The number of nitrogens with zero attached hydrogens (tertiary/aromatic N) is 4. The number of nitrogen functional groups attached to an aromatic ring is 1. The molecule has 184 valence electrons. The maximum Gasteiger partial charge on any atom is 0.490 e. The molecule has 20 heteroatoms. The fourth-order valence-electron chi connectivity index (χ4n) is 4.75. The highest BCUT2D eigenvalue weighted by Crippen LogP contribution is 2.74. The van der Waals surface area contributed by atoms with Crippen LogP contribution in [0.4, 0.5) is 10.2 Å². The minimum Gasteiger partial charge on any atom is -0.383 e. The molecule has 0 amide bonds. The minimum atomic E-state index is -5.76. The molecular formula is C13H19FN5O11P3. The van der Waals surface area contributed by atoms with E-state index in [1.165, 1.54) is 17.8 Å². The largest absolute Gasteiger partial charge is 0.490 e. The summed E-state index contributed by atoms with van der Waals surface area (Å²) < 4.78 is 63.8. The fourth-order valence-corrected chi connectivity index (χ4v) is 7.99. The third-order valence-electron chi connectivity index (χ3n) is 5.91. The van der Waals surface area contributed by atoms with E-state index in [-0.39, 0.29) is 17.0 Å². The van der Waals surface area contributed by atoms with Crippen molar-refractivity contribution in [1.82, 2.24) is 19.5 Å². The first kappa shape index (κ1) is 24.8. The number of nitrogens with two attached hydrogens (primary N) is 1. The Morgan fingerprint density at radius 2 is 1.76 bits per heavy atom. The van der Waals surface area contributed by atoms with Gasteiger partial charge in [0.25, 0.3) is 0 Å². The Morgan fingerprint density at radius 3 is 2.30 bits per heavy atom. The molecule has 0 aromatic carbocycles. The van der Waals surface area contributed by atoms with Crippen LogP contribution < -0.4 is 5.73 Å². The van der Waals surface area contributed by atoms with Crippen LogP contribution in [-0.2, 0) is 26.8 Å². The van der Waals surface area contributed by atoms with Crippen LogP contribution in [0, 0.1) is 11.8 Å². The predicted octanol–water partition coefficient (Wildman–Crippen LogP) is 0.400. The average Bonchev–Trinajstić information content (AvgIpc) is 2.91. The van der Waals surface area contributed by atoms with E-state index in [1.807, 2.05) is 0 Å². The van der Waals surface area contributed by atoms with Crippen LogP contribution in [0.3, 0.4) is 0 Å². The maximum atomic E-state index is 16.0. The number of rotatable bonds is 7. The molecule has 16 nitrogen and oxygen atoms in total. The van der Waals surface area contributed by atoms with Crippen molar-refractivity contribution in [2.45, 2.75) is 37.3 Å². The van der Waals surface area contributed by atoms with Crippen molar-refractivity contribution in [3.63, 3.8) is 0 Å². The zero-order valence-corrected chi connectivity index (χ0v) is 19.4. The van der Waals surface area contributed by atoms with Gasteiger partial charge in [0.05, 0.1) is 12.4 Å². The van der Waals surface area contributed by atoms with Gasteiger partial charge in [0, 0.05) is 5.92 Å². The van der Waals surface area contributed by atoms with Gasteiger partial charge >= 0.3 is 23.5 Å². The molecule has 2 saturated carbocycles. The summed E-state index contributed by atoms with van der Waals surface area (Å²) in [6.45, 7) is 2.56. The lowest BCUT2D eigenvalue weighted by molar-refractivity contribution is -0.0615. The molecule has 0 spiro atoms. The molecule has 2 aliphatic carbocycles. The summed E-state index contributed by atoms with van der Waals surface area (Å²) in [6.07, 6.45) is 0.748. The number of phosphoric ester groups is 1. The molecule has 2 heterocycles. The molecule has 0 saturated heterocycles. The Morgan fingerprint density at radius 1 is 1.12 bits per heavy atom. The summed E-state index contributed by atoms with van der Waals surface area (Å²) in [5.41, 5.74) is 1.31. The van der Waals surface area contributed by atoms with E-state index >= 15 is 4.39 Å². The van der Waals surface area contributed by atoms with Gasteiger partial charge in [0.1, 0.15) is 23.5 Å². The van der Waals surface area contributed by atoms with Gasteiger partial charge in [-0.25, -0.2) is 33.0 Å². The van der Waals surface area contributed by atoms with E-state index < -0.39 is 58.7 Å². The summed E-state index contributed by atoms with van der Waals surface area (Å²) >= 11 is 0. The van der Waals surface area contributed by atoms with Crippen LogP contribution in [0.25, 0.3) is 11.2 Å². The lowest BCUT2D eigenvalue weighted by atomic mass is 9.89. The van der Waals surface area contributed by atoms with Gasteiger partial charge in [0.2, 0.25) is 0 Å². The molecule has 4 rings (SSSR count). The second-order valence-electron chi connectivity index (χ2n) is 7.93. The normalized spacial score (nSPS) is 37.5. The van der Waals surface area contributed by atoms with Gasteiger partial charge < -0.3 is 35.0 Å². The van der Waals surface area contributed by atoms with Crippen molar-refractivity contribution in [2.75, 3.05) is 5.73 Å². The quantitative estimate of drug-likeness (QED) is 0.264. The number of fused-ring (bicyclic) bond motifs is 2. The fraction of sp³-hybridized carbons (Fsp3) is 0.615. The Hall–Kier alpha value is -1.35. The van der Waals surface area contributed by atoms with E-state index in [0.717, 1.165) is 13.3 Å². The number of imidazole rings is 1. The highest BCUT2D eigenvalue weighted by Gasteiger charge is 2.85. The molecule has 0 bridgehead atoms. The standard InChI is InChI=1S/C13H19FN5O11P3/c1-5-6-9(28-32(24,25)30-33(26,27)29-31(21,22)23)13(6,20)12(2,14)8(5)19-4-18-7-10(15)16-3-17-11(7)19/h3-6,8-9,20H,1-2H3,(H,24,25)(H,26,27)(H2,15,16,17)(H2,21,22,23)/t5-,6-,8-,9?,12+,13+/m1/s1. The van der Waals surface area contributed by atoms with Gasteiger partial charge in [-0.2, -0.15) is 8.62 Å². The van der Waals surface area contributed by atoms with Crippen molar-refractivity contribution >= 4 is 40.4 Å². The van der Waals surface area contributed by atoms with E-state index in [9.17, 15) is 28.6 Å². The van der Waals surface area contributed by atoms with Crippen LogP contribution >= 0.6 is 23.5 Å². The summed E-state index contributed by atoms with van der Waals surface area (Å²) in [6, 6.07) is -1.08. The van der Waals surface area contributed by atoms with Gasteiger partial charge in [-0.05, 0) is 12.8 Å². The van der Waals surface area contributed by atoms with Crippen LogP contribution in [0.15, 0.2) is 12.7 Å². The number of hydrogen-bond acceptors (Lipinski definition) is 11. The highest BCUT2D eigenvalue weighted by molar-refractivity contribution is 7.66. The molecule has 2 fully saturated rings. The first-order chi connectivity index (χ1) is 14.9. The first-order valence-corrected chi connectivity index (χ1v) is 13.6. The summed E-state index contributed by atoms with van der Waals surface area (Å²) in [4.78, 5) is 48.1. The number of aliphatic hydroxyl groups is 1. The second-order valence-corrected chi connectivity index (χ2v) is 12.3. The molecule has 2 aliphatic rings. The Bertz CT molecular complexity index is 1270. The minimum absolute atomic E-state index is 0.0550. The van der Waals surface area contributed by atoms with Crippen LogP contribution in [-0.4, -0.2) is 61.6 Å². The summed E-state index contributed by atoms with van der Waals surface area (Å²) in [5, 5.41) is 11.0. The molecule has 8 atom stereocenters. The number of phosphoric acid groups is 3. The molecule has 0 aliphatic heterocycles. The Labute approximate surface area is 184 Å². The second kappa shape index (κ2) is 7.33. The zero-order chi connectivity index (χ0) is 24.8. The monoisotopic (exact) mass is 533 g/mol. The highest BCUT2D eigenvalue weighted by atomic mass is 31.3. The number of halogens is 1. The molecule has 2 aromatic heterocycles. The van der Waals surface area contributed by atoms with Crippen molar-refractivity contribution in [1.29, 1.82) is 0 Å². The summed E-state index contributed by atoms with van der Waals surface area (Å²) in [7, 11) is -16.9. The van der Waals surface area contributed by atoms with E-state index in [1.54, 1.807) is 0 Å². The third-order valence-corrected chi connectivity index (χ3v) is 9.73. The maximum absolute atomic E-state index is 16.0. The summed E-state index contributed by atoms with van der Waals surface area (Å²) in [5.74, 6) is -1.78. The molecule has 33 heavy (non-hydrogen) atoms. The molecule has 7 N–H and O–H groups in total. The van der Waals surface area contributed by atoms with E-state index in [2.05, 4.69) is 23.6 Å². The molecule has 2 aromatic rings. The lowest BCUT2D eigenvalue weighted by Crippen LogP contribution is -2.45. The average molecular weight is 533 g/mol. The van der Waals surface area contributed by atoms with Gasteiger partial charge in [-0.3, -0.25) is 4.52 Å². The SMILES string of the molecule is C[C@H]1[C@@H](n2cnc3c(N)ncnc32)[C@](C)(F)[C@@]2(O)C(OP(=O)(O)OP(=O)(O)OP(=O)(O)O)[C@@H]12. The van der Waals surface area contributed by atoms with E-state index in [0.29, 0.717) is 0 Å². The molecule has 0 radical (unpaired) electrons. The number of anilines is 1. The molecular weight excluding hydrogens is 514 g/mol. The number of hydrogen-bond donors (Lipinski definition) is 6. The topological polar surface area (TPSA) is 250 Å². The Kier molecular flexibility index (Phi) is 5.50. The van der Waals surface area contributed by atoms with Gasteiger partial charge in [-0.15, -0.1) is 0 Å². The van der Waals surface area contributed by atoms with Crippen molar-refractivity contribution < 1.29 is 55.9 Å². The smallest absolute Gasteiger partial charge is 0.383 e. The Balaban J connectivity index is 1.58. The first-order valence-electron chi connectivity index (χ1n) is 9.08. The van der Waals surface area contributed by atoms with Crippen molar-refractivity contribution in [3.05, 3.63) is 12.7 Å². The van der Waals surface area contributed by atoms with Crippen LogP contribution in [0.2, 0.25) is 0 Å². The molecule has 3 unspecified atom stereocenters.